The molecule has 4 rings (SSSR count). The van der Waals surface area contributed by atoms with Crippen molar-refractivity contribution >= 4 is 33.2 Å². The standard InChI is InChI=1S/C26H26FN3O4S/c1-18-13-14-21(35(33,34)29-24-12-6-5-11-23(24)27)16-22(18)26(32)30-15-7-8-19(17-30)25(31)28-20-9-3-2-4-10-20/h2-6,9-14,16,19,29H,7-8,15,17H2,1H3,(H,28,31)/t19-/m0/s1. The van der Waals surface area contributed by atoms with Crippen LogP contribution < -0.4 is 10.0 Å². The van der Waals surface area contributed by atoms with Crippen LogP contribution in [0.2, 0.25) is 0 Å². The lowest BCUT2D eigenvalue weighted by Crippen LogP contribution is -2.44. The largest absolute Gasteiger partial charge is 0.338 e. The summed E-state index contributed by atoms with van der Waals surface area (Å²) in [5, 5.41) is 2.88. The van der Waals surface area contributed by atoms with E-state index in [9.17, 15) is 22.4 Å². The van der Waals surface area contributed by atoms with Crippen molar-refractivity contribution < 1.29 is 22.4 Å². The fourth-order valence-electron chi connectivity index (χ4n) is 4.06. The third kappa shape index (κ3) is 5.68. The Balaban J connectivity index is 1.51. The van der Waals surface area contributed by atoms with E-state index in [1.54, 1.807) is 30.0 Å². The number of para-hydroxylation sites is 2. The van der Waals surface area contributed by atoms with Crippen molar-refractivity contribution in [1.29, 1.82) is 0 Å². The average Bonchev–Trinajstić information content (AvgIpc) is 2.86. The zero-order chi connectivity index (χ0) is 25.0. The van der Waals surface area contributed by atoms with Gasteiger partial charge in [-0.05, 0) is 61.7 Å². The van der Waals surface area contributed by atoms with Gasteiger partial charge in [0.2, 0.25) is 5.91 Å². The molecule has 7 nitrogen and oxygen atoms in total. The Morgan fingerprint density at radius 2 is 1.71 bits per heavy atom. The van der Waals surface area contributed by atoms with Gasteiger partial charge in [-0.25, -0.2) is 12.8 Å². The highest BCUT2D eigenvalue weighted by Gasteiger charge is 2.30. The summed E-state index contributed by atoms with van der Waals surface area (Å²) in [6.07, 6.45) is 1.31. The van der Waals surface area contributed by atoms with Gasteiger partial charge < -0.3 is 10.2 Å². The summed E-state index contributed by atoms with van der Waals surface area (Å²) in [4.78, 5) is 27.6. The maximum absolute atomic E-state index is 14.0. The lowest BCUT2D eigenvalue weighted by Gasteiger charge is -2.32. The number of nitrogens with one attached hydrogen (secondary N) is 2. The molecule has 3 aromatic rings. The molecule has 0 bridgehead atoms. The summed E-state index contributed by atoms with van der Waals surface area (Å²) in [6.45, 7) is 2.43. The maximum atomic E-state index is 14.0. The summed E-state index contributed by atoms with van der Waals surface area (Å²) < 4.78 is 42.0. The molecule has 182 valence electrons. The van der Waals surface area contributed by atoms with Crippen molar-refractivity contribution in [3.63, 3.8) is 0 Å². The molecule has 0 spiro atoms. The number of carbonyl (C=O) groups excluding carboxylic acids is 2. The van der Waals surface area contributed by atoms with Crippen LogP contribution in [-0.2, 0) is 14.8 Å². The molecular formula is C26H26FN3O4S. The molecule has 2 N–H and O–H groups in total. The molecule has 1 heterocycles. The molecule has 1 atom stereocenters. The lowest BCUT2D eigenvalue weighted by molar-refractivity contribution is -0.121. The van der Waals surface area contributed by atoms with Crippen LogP contribution in [0.1, 0.15) is 28.8 Å². The highest BCUT2D eigenvalue weighted by molar-refractivity contribution is 7.92. The van der Waals surface area contributed by atoms with E-state index in [-0.39, 0.29) is 40.4 Å². The topological polar surface area (TPSA) is 95.6 Å². The first kappa shape index (κ1) is 24.4. The molecule has 9 heteroatoms. The van der Waals surface area contributed by atoms with E-state index >= 15 is 0 Å². The van der Waals surface area contributed by atoms with Gasteiger partial charge in [-0.3, -0.25) is 14.3 Å². The molecule has 1 fully saturated rings. The SMILES string of the molecule is Cc1ccc(S(=O)(=O)Nc2ccccc2F)cc1C(=O)N1CCC[C@H](C(=O)Nc2ccccc2)C1. The minimum absolute atomic E-state index is 0.148. The van der Waals surface area contributed by atoms with Gasteiger partial charge in [0.15, 0.2) is 0 Å². The number of hydrogen-bond donors (Lipinski definition) is 2. The monoisotopic (exact) mass is 495 g/mol. The van der Waals surface area contributed by atoms with Crippen molar-refractivity contribution in [3.05, 3.63) is 89.7 Å². The maximum Gasteiger partial charge on any atom is 0.262 e. The van der Waals surface area contributed by atoms with Crippen molar-refractivity contribution in [2.75, 3.05) is 23.1 Å². The van der Waals surface area contributed by atoms with Crippen molar-refractivity contribution in [1.82, 2.24) is 4.90 Å². The molecule has 0 aliphatic carbocycles. The van der Waals surface area contributed by atoms with E-state index in [1.807, 2.05) is 18.2 Å². The van der Waals surface area contributed by atoms with Crippen LogP contribution in [0.5, 0.6) is 0 Å². The highest BCUT2D eigenvalue weighted by atomic mass is 32.2. The Morgan fingerprint density at radius 1 is 1.00 bits per heavy atom. The predicted molar refractivity (Wildman–Crippen MR) is 132 cm³/mol. The van der Waals surface area contributed by atoms with Crippen LogP contribution >= 0.6 is 0 Å². The van der Waals surface area contributed by atoms with E-state index in [0.717, 1.165) is 6.07 Å². The molecule has 0 saturated carbocycles. The van der Waals surface area contributed by atoms with Crippen LogP contribution in [0.25, 0.3) is 0 Å². The quantitative estimate of drug-likeness (QED) is 0.529. The first-order chi connectivity index (χ1) is 16.7. The van der Waals surface area contributed by atoms with Crippen LogP contribution in [0.3, 0.4) is 0 Å². The average molecular weight is 496 g/mol. The van der Waals surface area contributed by atoms with E-state index in [0.29, 0.717) is 30.6 Å². The van der Waals surface area contributed by atoms with Gasteiger partial charge in [-0.1, -0.05) is 36.4 Å². The van der Waals surface area contributed by atoms with E-state index < -0.39 is 15.8 Å². The molecule has 2 amide bonds. The van der Waals surface area contributed by atoms with Gasteiger partial charge >= 0.3 is 0 Å². The fraction of sp³-hybridized carbons (Fsp3) is 0.231. The molecular weight excluding hydrogens is 469 g/mol. The number of likely N-dealkylation sites (tertiary alicyclic amines) is 1. The fourth-order valence-corrected chi connectivity index (χ4v) is 5.15. The van der Waals surface area contributed by atoms with E-state index in [1.165, 1.54) is 30.3 Å². The Hall–Kier alpha value is -3.72. The van der Waals surface area contributed by atoms with E-state index in [2.05, 4.69) is 10.0 Å². The smallest absolute Gasteiger partial charge is 0.262 e. The Bertz CT molecular complexity index is 1350. The Morgan fingerprint density at radius 3 is 2.46 bits per heavy atom. The molecule has 1 aliphatic rings. The minimum Gasteiger partial charge on any atom is -0.338 e. The molecule has 3 aromatic carbocycles. The molecule has 0 unspecified atom stereocenters. The second kappa shape index (κ2) is 10.3. The van der Waals surface area contributed by atoms with Crippen molar-refractivity contribution in [2.24, 2.45) is 5.92 Å². The first-order valence-electron chi connectivity index (χ1n) is 11.3. The normalized spacial score (nSPS) is 15.9. The third-order valence-corrected chi connectivity index (χ3v) is 7.35. The van der Waals surface area contributed by atoms with Crippen molar-refractivity contribution in [3.8, 4) is 0 Å². The Kier molecular flexibility index (Phi) is 7.16. The second-order valence-corrected chi connectivity index (χ2v) is 10.2. The summed E-state index contributed by atoms with van der Waals surface area (Å²) >= 11 is 0. The minimum atomic E-state index is -4.12. The summed E-state index contributed by atoms with van der Waals surface area (Å²) in [6, 6.07) is 18.8. The number of sulfonamides is 1. The molecule has 0 aromatic heterocycles. The third-order valence-electron chi connectivity index (χ3n) is 5.99. The summed E-state index contributed by atoms with van der Waals surface area (Å²) in [5.41, 5.74) is 1.35. The number of nitrogens with zero attached hydrogens (tertiary/aromatic N) is 1. The molecule has 1 aliphatic heterocycles. The van der Waals surface area contributed by atoms with Gasteiger partial charge in [0.05, 0.1) is 16.5 Å². The number of hydrogen-bond acceptors (Lipinski definition) is 4. The van der Waals surface area contributed by atoms with Gasteiger partial charge in [0, 0.05) is 24.3 Å². The van der Waals surface area contributed by atoms with Crippen molar-refractivity contribution in [2.45, 2.75) is 24.7 Å². The van der Waals surface area contributed by atoms with Crippen LogP contribution in [0.4, 0.5) is 15.8 Å². The summed E-state index contributed by atoms with van der Waals surface area (Å²) in [5.74, 6) is -1.58. The van der Waals surface area contributed by atoms with Gasteiger partial charge in [-0.15, -0.1) is 0 Å². The predicted octanol–water partition coefficient (Wildman–Crippen LogP) is 4.43. The molecule has 0 radical (unpaired) electrons. The second-order valence-electron chi connectivity index (χ2n) is 8.51. The van der Waals surface area contributed by atoms with Crippen LogP contribution in [0.15, 0.2) is 77.7 Å². The number of anilines is 2. The Labute approximate surface area is 204 Å². The number of aryl methyl sites for hydroxylation is 1. The van der Waals surface area contributed by atoms with Gasteiger partial charge in [0.1, 0.15) is 5.82 Å². The van der Waals surface area contributed by atoms with Gasteiger partial charge in [0.25, 0.3) is 15.9 Å². The number of benzene rings is 3. The number of carbonyl (C=O) groups is 2. The lowest BCUT2D eigenvalue weighted by atomic mass is 9.96. The van der Waals surface area contributed by atoms with Gasteiger partial charge in [-0.2, -0.15) is 0 Å². The number of amides is 2. The zero-order valence-corrected chi connectivity index (χ0v) is 20.0. The highest BCUT2D eigenvalue weighted by Crippen LogP contribution is 2.25. The number of piperidine rings is 1. The first-order valence-corrected chi connectivity index (χ1v) is 12.8. The van der Waals surface area contributed by atoms with Crippen LogP contribution in [-0.4, -0.2) is 38.2 Å². The zero-order valence-electron chi connectivity index (χ0n) is 19.2. The summed E-state index contributed by atoms with van der Waals surface area (Å²) in [7, 11) is -4.12. The number of halogens is 1. The van der Waals surface area contributed by atoms with Crippen LogP contribution in [0, 0.1) is 18.7 Å². The molecule has 35 heavy (non-hydrogen) atoms. The van der Waals surface area contributed by atoms with E-state index in [4.69, 9.17) is 0 Å². The molecule has 1 saturated heterocycles. The number of rotatable bonds is 6.